The Morgan fingerprint density at radius 2 is 2.18 bits per heavy atom. The second-order valence-corrected chi connectivity index (χ2v) is 3.50. The summed E-state index contributed by atoms with van der Waals surface area (Å²) in [4.78, 5) is 32.3. The SMILES string of the molecule is CCn1c(=O)[nH]c(=O)c2[nH]c(NCCN)nc21. The normalized spacial score (nSPS) is 10.9. The summed E-state index contributed by atoms with van der Waals surface area (Å²) < 4.78 is 1.39. The van der Waals surface area contributed by atoms with Crippen LogP contribution in [0.15, 0.2) is 9.59 Å². The van der Waals surface area contributed by atoms with E-state index in [1.807, 2.05) is 0 Å². The predicted octanol–water partition coefficient (Wildman–Crippen LogP) is -1.20. The van der Waals surface area contributed by atoms with Crippen molar-refractivity contribution in [2.75, 3.05) is 18.4 Å². The van der Waals surface area contributed by atoms with Crippen LogP contribution in [-0.2, 0) is 6.54 Å². The van der Waals surface area contributed by atoms with E-state index >= 15 is 0 Å². The van der Waals surface area contributed by atoms with Gasteiger partial charge in [-0.2, -0.15) is 4.98 Å². The van der Waals surface area contributed by atoms with Crippen molar-refractivity contribution in [3.05, 3.63) is 20.8 Å². The lowest BCUT2D eigenvalue weighted by molar-refractivity contribution is 0.720. The van der Waals surface area contributed by atoms with Gasteiger partial charge >= 0.3 is 5.69 Å². The van der Waals surface area contributed by atoms with Crippen molar-refractivity contribution >= 4 is 17.1 Å². The molecular weight excluding hydrogens is 224 g/mol. The Morgan fingerprint density at radius 3 is 2.82 bits per heavy atom. The van der Waals surface area contributed by atoms with Crippen molar-refractivity contribution < 1.29 is 0 Å². The molecule has 0 saturated carbocycles. The van der Waals surface area contributed by atoms with E-state index in [-0.39, 0.29) is 5.52 Å². The smallest absolute Gasteiger partial charge is 0.330 e. The maximum atomic E-state index is 11.6. The number of hydrogen-bond acceptors (Lipinski definition) is 5. The molecule has 0 aromatic carbocycles. The number of nitrogens with two attached hydrogens (primary N) is 1. The Bertz CT molecular complexity index is 637. The highest BCUT2D eigenvalue weighted by Gasteiger charge is 2.11. The average molecular weight is 238 g/mol. The number of aromatic amines is 2. The van der Waals surface area contributed by atoms with E-state index < -0.39 is 11.2 Å². The van der Waals surface area contributed by atoms with E-state index in [1.165, 1.54) is 4.57 Å². The summed E-state index contributed by atoms with van der Waals surface area (Å²) in [6, 6.07) is 0. The van der Waals surface area contributed by atoms with Crippen LogP contribution in [0.2, 0.25) is 0 Å². The number of H-pyrrole nitrogens is 2. The first-order chi connectivity index (χ1) is 8.17. The molecule has 0 spiro atoms. The van der Waals surface area contributed by atoms with Crippen molar-refractivity contribution in [2.24, 2.45) is 5.73 Å². The molecule has 2 heterocycles. The molecule has 0 saturated heterocycles. The predicted molar refractivity (Wildman–Crippen MR) is 64.2 cm³/mol. The standard InChI is InChI=1S/C9H14N6O2/c1-2-15-6-5(7(16)14-9(15)17)12-8(13-6)11-4-3-10/h2-4,10H2,1H3,(H2,11,12,13)(H,14,16,17). The average Bonchev–Trinajstić information content (AvgIpc) is 2.71. The summed E-state index contributed by atoms with van der Waals surface area (Å²) in [5, 5.41) is 2.92. The highest BCUT2D eigenvalue weighted by molar-refractivity contribution is 5.72. The molecule has 0 atom stereocenters. The Hall–Kier alpha value is -2.09. The van der Waals surface area contributed by atoms with Gasteiger partial charge in [-0.05, 0) is 6.92 Å². The first kappa shape index (κ1) is 11.4. The lowest BCUT2D eigenvalue weighted by Gasteiger charge is -1.99. The molecule has 0 aliphatic heterocycles. The fraction of sp³-hybridized carbons (Fsp3) is 0.444. The third-order valence-corrected chi connectivity index (χ3v) is 2.39. The minimum Gasteiger partial charge on any atom is -0.354 e. The number of aromatic nitrogens is 4. The van der Waals surface area contributed by atoms with Gasteiger partial charge in [-0.3, -0.25) is 14.3 Å². The van der Waals surface area contributed by atoms with Crippen molar-refractivity contribution in [1.29, 1.82) is 0 Å². The topological polar surface area (TPSA) is 122 Å². The molecule has 17 heavy (non-hydrogen) atoms. The Labute approximate surface area is 95.9 Å². The van der Waals surface area contributed by atoms with Crippen LogP contribution in [-0.4, -0.2) is 32.6 Å². The first-order valence-corrected chi connectivity index (χ1v) is 5.34. The quantitative estimate of drug-likeness (QED) is 0.533. The zero-order chi connectivity index (χ0) is 12.4. The summed E-state index contributed by atoms with van der Waals surface area (Å²) in [5.74, 6) is 0.434. The highest BCUT2D eigenvalue weighted by Crippen LogP contribution is 2.07. The molecule has 2 aromatic heterocycles. The van der Waals surface area contributed by atoms with E-state index in [0.717, 1.165) is 0 Å². The monoisotopic (exact) mass is 238 g/mol. The van der Waals surface area contributed by atoms with Gasteiger partial charge in [0, 0.05) is 19.6 Å². The lowest BCUT2D eigenvalue weighted by atomic mass is 10.5. The van der Waals surface area contributed by atoms with E-state index in [9.17, 15) is 9.59 Å². The maximum Gasteiger partial charge on any atom is 0.330 e. The maximum absolute atomic E-state index is 11.6. The number of nitrogens with zero attached hydrogens (tertiary/aromatic N) is 2. The van der Waals surface area contributed by atoms with Crippen molar-refractivity contribution in [3.63, 3.8) is 0 Å². The number of nitrogens with one attached hydrogen (secondary N) is 3. The number of hydrogen-bond donors (Lipinski definition) is 4. The van der Waals surface area contributed by atoms with Crippen LogP contribution in [0, 0.1) is 0 Å². The van der Waals surface area contributed by atoms with Crippen LogP contribution in [0.1, 0.15) is 6.92 Å². The van der Waals surface area contributed by atoms with Crippen LogP contribution >= 0.6 is 0 Å². The van der Waals surface area contributed by atoms with Crippen molar-refractivity contribution in [3.8, 4) is 0 Å². The van der Waals surface area contributed by atoms with Gasteiger partial charge in [-0.15, -0.1) is 0 Å². The molecule has 0 radical (unpaired) electrons. The molecule has 0 aliphatic rings. The minimum absolute atomic E-state index is 0.283. The molecule has 8 heteroatoms. The van der Waals surface area contributed by atoms with Crippen LogP contribution in [0.4, 0.5) is 5.95 Å². The fourth-order valence-electron chi connectivity index (χ4n) is 1.61. The van der Waals surface area contributed by atoms with Crippen LogP contribution in [0.5, 0.6) is 0 Å². The Balaban J connectivity index is 2.62. The molecule has 92 valence electrons. The van der Waals surface area contributed by atoms with Gasteiger partial charge in [-0.1, -0.05) is 0 Å². The van der Waals surface area contributed by atoms with Gasteiger partial charge in [-0.25, -0.2) is 4.79 Å². The van der Waals surface area contributed by atoms with E-state index in [4.69, 9.17) is 5.73 Å². The first-order valence-electron chi connectivity index (χ1n) is 5.34. The molecule has 2 aromatic rings. The van der Waals surface area contributed by atoms with Gasteiger partial charge < -0.3 is 16.0 Å². The molecule has 5 N–H and O–H groups in total. The Kier molecular flexibility index (Phi) is 2.96. The number of imidazole rings is 1. The van der Waals surface area contributed by atoms with Crippen LogP contribution in [0.3, 0.4) is 0 Å². The highest BCUT2D eigenvalue weighted by atomic mass is 16.2. The number of anilines is 1. The van der Waals surface area contributed by atoms with Crippen LogP contribution < -0.4 is 22.3 Å². The molecular formula is C9H14N6O2. The molecule has 0 unspecified atom stereocenters. The lowest BCUT2D eigenvalue weighted by Crippen LogP contribution is -2.29. The van der Waals surface area contributed by atoms with Crippen molar-refractivity contribution in [1.82, 2.24) is 19.5 Å². The van der Waals surface area contributed by atoms with Gasteiger partial charge in [0.15, 0.2) is 11.2 Å². The summed E-state index contributed by atoms with van der Waals surface area (Å²) in [7, 11) is 0. The summed E-state index contributed by atoms with van der Waals surface area (Å²) in [6.07, 6.45) is 0. The molecule has 0 bridgehead atoms. The number of aryl methyl sites for hydroxylation is 1. The third-order valence-electron chi connectivity index (χ3n) is 2.39. The third kappa shape index (κ3) is 1.94. The van der Waals surface area contributed by atoms with E-state index in [0.29, 0.717) is 31.2 Å². The number of fused-ring (bicyclic) bond motifs is 1. The summed E-state index contributed by atoms with van der Waals surface area (Å²) >= 11 is 0. The zero-order valence-electron chi connectivity index (χ0n) is 9.41. The van der Waals surface area contributed by atoms with Gasteiger partial charge in [0.05, 0.1) is 0 Å². The number of rotatable bonds is 4. The molecule has 8 nitrogen and oxygen atoms in total. The fourth-order valence-corrected chi connectivity index (χ4v) is 1.61. The van der Waals surface area contributed by atoms with Crippen LogP contribution in [0.25, 0.3) is 11.2 Å². The molecule has 0 amide bonds. The second-order valence-electron chi connectivity index (χ2n) is 3.50. The van der Waals surface area contributed by atoms with Gasteiger partial charge in [0.25, 0.3) is 5.56 Å². The second kappa shape index (κ2) is 4.42. The van der Waals surface area contributed by atoms with E-state index in [1.54, 1.807) is 6.92 Å². The van der Waals surface area contributed by atoms with Gasteiger partial charge in [0.2, 0.25) is 5.95 Å². The Morgan fingerprint density at radius 1 is 1.41 bits per heavy atom. The molecule has 0 fully saturated rings. The van der Waals surface area contributed by atoms with Gasteiger partial charge in [0.1, 0.15) is 0 Å². The minimum atomic E-state index is -0.469. The summed E-state index contributed by atoms with van der Waals surface area (Å²) in [5.41, 5.74) is 5.06. The molecule has 2 rings (SSSR count). The zero-order valence-corrected chi connectivity index (χ0v) is 9.41. The van der Waals surface area contributed by atoms with E-state index in [2.05, 4.69) is 20.3 Å². The molecule has 0 aliphatic carbocycles. The van der Waals surface area contributed by atoms with Crippen molar-refractivity contribution in [2.45, 2.75) is 13.5 Å². The largest absolute Gasteiger partial charge is 0.354 e. The summed E-state index contributed by atoms with van der Waals surface area (Å²) in [6.45, 7) is 3.23.